The number of rotatable bonds is 1. The fourth-order valence-electron chi connectivity index (χ4n) is 2.04. The summed E-state index contributed by atoms with van der Waals surface area (Å²) in [6.45, 7) is 0. The third kappa shape index (κ3) is 2.37. The normalized spacial score (nSPS) is 11.8. The van der Waals surface area contributed by atoms with Crippen LogP contribution in [0.25, 0.3) is 22.2 Å². The highest BCUT2D eigenvalue weighted by atomic mass is 19.4. The van der Waals surface area contributed by atoms with Crippen LogP contribution in [-0.2, 0) is 6.18 Å². The number of aromatic amines is 1. The maximum absolute atomic E-state index is 12.5. The van der Waals surface area contributed by atoms with E-state index in [2.05, 4.69) is 10.1 Å². The molecule has 1 aromatic carbocycles. The van der Waals surface area contributed by atoms with Gasteiger partial charge in [0.2, 0.25) is 5.43 Å². The first kappa shape index (κ1) is 13.3. The van der Waals surface area contributed by atoms with Gasteiger partial charge in [-0.2, -0.15) is 18.3 Å². The Balaban J connectivity index is 2.23. The third-order valence-electron chi connectivity index (χ3n) is 2.99. The molecule has 0 aliphatic rings. The molecule has 0 saturated carbocycles. The summed E-state index contributed by atoms with van der Waals surface area (Å²) in [5.74, 6) is 0. The summed E-state index contributed by atoms with van der Waals surface area (Å²) in [6, 6.07) is 9.12. The van der Waals surface area contributed by atoms with Crippen molar-refractivity contribution >= 4 is 10.9 Å². The summed E-state index contributed by atoms with van der Waals surface area (Å²) in [7, 11) is 0. The highest BCUT2D eigenvalue weighted by Gasteiger charge is 2.32. The van der Waals surface area contributed by atoms with Crippen molar-refractivity contribution in [3.05, 3.63) is 58.5 Å². The Labute approximate surface area is 116 Å². The van der Waals surface area contributed by atoms with Crippen molar-refractivity contribution in [1.29, 1.82) is 0 Å². The van der Waals surface area contributed by atoms with Crippen molar-refractivity contribution in [3.63, 3.8) is 0 Å². The molecular formula is C14H8F3N3O. The first-order valence-electron chi connectivity index (χ1n) is 5.98. The van der Waals surface area contributed by atoms with E-state index in [0.29, 0.717) is 17.1 Å². The second kappa shape index (κ2) is 4.69. The molecular weight excluding hydrogens is 283 g/mol. The highest BCUT2D eigenvalue weighted by molar-refractivity contribution is 5.92. The zero-order valence-electron chi connectivity index (χ0n) is 10.5. The lowest BCUT2D eigenvalue weighted by Gasteiger charge is -2.07. The Morgan fingerprint density at radius 2 is 1.86 bits per heavy atom. The van der Waals surface area contributed by atoms with E-state index in [1.165, 1.54) is 0 Å². The first-order chi connectivity index (χ1) is 9.97. The van der Waals surface area contributed by atoms with Crippen molar-refractivity contribution in [1.82, 2.24) is 15.2 Å². The SMILES string of the molecule is O=c1cc(C(F)(F)F)[nH]nc1-c1cccc2cccnc12. The highest BCUT2D eigenvalue weighted by Crippen LogP contribution is 2.27. The van der Waals surface area contributed by atoms with Crippen LogP contribution in [0.15, 0.2) is 47.4 Å². The molecule has 0 spiro atoms. The molecule has 7 heteroatoms. The van der Waals surface area contributed by atoms with Gasteiger partial charge in [-0.05, 0) is 6.07 Å². The summed E-state index contributed by atoms with van der Waals surface area (Å²) in [4.78, 5) is 16.1. The van der Waals surface area contributed by atoms with Crippen LogP contribution in [0.4, 0.5) is 13.2 Å². The van der Waals surface area contributed by atoms with Crippen molar-refractivity contribution in [2.75, 3.05) is 0 Å². The standard InChI is InChI=1S/C14H8F3N3O/c15-14(16,17)11-7-10(21)13(20-19-11)9-5-1-3-8-4-2-6-18-12(8)9/h1-7H,(H,19,21). The van der Waals surface area contributed by atoms with Crippen LogP contribution in [0.5, 0.6) is 0 Å². The summed E-state index contributed by atoms with van der Waals surface area (Å²) in [6.07, 6.45) is -3.09. The summed E-state index contributed by atoms with van der Waals surface area (Å²) >= 11 is 0. The summed E-state index contributed by atoms with van der Waals surface area (Å²) in [5.41, 5.74) is -1.17. The largest absolute Gasteiger partial charge is 0.432 e. The predicted molar refractivity (Wildman–Crippen MR) is 70.6 cm³/mol. The van der Waals surface area contributed by atoms with E-state index in [1.807, 2.05) is 5.10 Å². The van der Waals surface area contributed by atoms with Gasteiger partial charge in [0, 0.05) is 23.2 Å². The van der Waals surface area contributed by atoms with Crippen LogP contribution in [0, 0.1) is 0 Å². The van der Waals surface area contributed by atoms with Crippen LogP contribution < -0.4 is 5.43 Å². The molecule has 0 aliphatic heterocycles. The Morgan fingerprint density at radius 1 is 1.10 bits per heavy atom. The number of benzene rings is 1. The van der Waals surface area contributed by atoms with Crippen molar-refractivity contribution in [2.24, 2.45) is 0 Å². The molecule has 0 aliphatic carbocycles. The monoisotopic (exact) mass is 291 g/mol. The van der Waals surface area contributed by atoms with Crippen LogP contribution in [-0.4, -0.2) is 15.2 Å². The van der Waals surface area contributed by atoms with Crippen LogP contribution in [0.3, 0.4) is 0 Å². The van der Waals surface area contributed by atoms with Crippen LogP contribution in [0.1, 0.15) is 5.69 Å². The number of fused-ring (bicyclic) bond motifs is 1. The van der Waals surface area contributed by atoms with E-state index in [4.69, 9.17) is 0 Å². The van der Waals surface area contributed by atoms with Gasteiger partial charge in [0.05, 0.1) is 5.52 Å². The fraction of sp³-hybridized carbons (Fsp3) is 0.0714. The van der Waals surface area contributed by atoms with Gasteiger partial charge in [-0.15, -0.1) is 0 Å². The number of aromatic nitrogens is 3. The second-order valence-electron chi connectivity index (χ2n) is 4.37. The van der Waals surface area contributed by atoms with E-state index in [1.54, 1.807) is 36.5 Å². The van der Waals surface area contributed by atoms with E-state index in [-0.39, 0.29) is 5.69 Å². The number of hydrogen-bond donors (Lipinski definition) is 1. The zero-order valence-corrected chi connectivity index (χ0v) is 10.5. The van der Waals surface area contributed by atoms with Gasteiger partial charge in [0.25, 0.3) is 0 Å². The number of pyridine rings is 1. The number of halogens is 3. The number of hydrogen-bond acceptors (Lipinski definition) is 3. The summed E-state index contributed by atoms with van der Waals surface area (Å²) in [5, 5.41) is 6.22. The Hall–Kier alpha value is -2.70. The number of para-hydroxylation sites is 1. The molecule has 2 aromatic heterocycles. The number of nitrogens with zero attached hydrogens (tertiary/aromatic N) is 2. The van der Waals surface area contributed by atoms with Crippen molar-refractivity contribution in [3.8, 4) is 11.3 Å². The molecule has 0 unspecified atom stereocenters. The molecule has 0 atom stereocenters. The smallest absolute Gasteiger partial charge is 0.287 e. The van der Waals surface area contributed by atoms with Crippen molar-refractivity contribution in [2.45, 2.75) is 6.18 Å². The zero-order chi connectivity index (χ0) is 15.0. The van der Waals surface area contributed by atoms with Gasteiger partial charge in [0.1, 0.15) is 11.4 Å². The third-order valence-corrected chi connectivity index (χ3v) is 2.99. The average Bonchev–Trinajstić information content (AvgIpc) is 2.46. The molecule has 21 heavy (non-hydrogen) atoms. The maximum Gasteiger partial charge on any atom is 0.432 e. The first-order valence-corrected chi connectivity index (χ1v) is 5.98. The molecule has 0 amide bonds. The number of nitrogens with one attached hydrogen (secondary N) is 1. The van der Waals surface area contributed by atoms with E-state index in [0.717, 1.165) is 5.39 Å². The Morgan fingerprint density at radius 3 is 2.57 bits per heavy atom. The Kier molecular flexibility index (Phi) is 2.97. The molecule has 0 fully saturated rings. The maximum atomic E-state index is 12.5. The lowest BCUT2D eigenvalue weighted by Crippen LogP contribution is -2.17. The lowest BCUT2D eigenvalue weighted by molar-refractivity contribution is -0.141. The second-order valence-corrected chi connectivity index (χ2v) is 4.37. The van der Waals surface area contributed by atoms with E-state index < -0.39 is 17.3 Å². The quantitative estimate of drug-likeness (QED) is 0.749. The van der Waals surface area contributed by atoms with Crippen LogP contribution in [0.2, 0.25) is 0 Å². The molecule has 0 bridgehead atoms. The average molecular weight is 291 g/mol. The van der Waals surface area contributed by atoms with Gasteiger partial charge in [-0.25, -0.2) is 0 Å². The fourth-order valence-corrected chi connectivity index (χ4v) is 2.04. The van der Waals surface area contributed by atoms with Crippen molar-refractivity contribution < 1.29 is 13.2 Å². The molecule has 2 heterocycles. The van der Waals surface area contributed by atoms with Gasteiger partial charge in [-0.1, -0.05) is 24.3 Å². The topological polar surface area (TPSA) is 58.6 Å². The predicted octanol–water partition coefficient (Wildman–Crippen LogP) is 3.00. The molecule has 3 rings (SSSR count). The van der Waals surface area contributed by atoms with E-state index in [9.17, 15) is 18.0 Å². The molecule has 4 nitrogen and oxygen atoms in total. The minimum Gasteiger partial charge on any atom is -0.287 e. The summed E-state index contributed by atoms with van der Waals surface area (Å²) < 4.78 is 37.6. The number of H-pyrrole nitrogens is 1. The lowest BCUT2D eigenvalue weighted by atomic mass is 10.1. The Bertz CT molecular complexity index is 866. The van der Waals surface area contributed by atoms with E-state index >= 15 is 0 Å². The van der Waals surface area contributed by atoms with Crippen LogP contribution >= 0.6 is 0 Å². The molecule has 106 valence electrons. The van der Waals surface area contributed by atoms with Gasteiger partial charge in [-0.3, -0.25) is 14.9 Å². The minimum atomic E-state index is -4.64. The van der Waals surface area contributed by atoms with Gasteiger partial charge in [0.15, 0.2) is 0 Å². The molecule has 3 aromatic rings. The minimum absolute atomic E-state index is 0.0905. The molecule has 0 saturated heterocycles. The van der Waals surface area contributed by atoms with Gasteiger partial charge < -0.3 is 0 Å². The van der Waals surface area contributed by atoms with Gasteiger partial charge >= 0.3 is 6.18 Å². The molecule has 0 radical (unpaired) electrons. The number of alkyl halides is 3. The molecule has 1 N–H and O–H groups in total.